The summed E-state index contributed by atoms with van der Waals surface area (Å²) in [4.78, 5) is 20.4. The first kappa shape index (κ1) is 16.0. The number of tetrazole rings is 1. The van der Waals surface area contributed by atoms with E-state index in [-0.39, 0.29) is 6.04 Å². The van der Waals surface area contributed by atoms with Gasteiger partial charge in [0.25, 0.3) is 0 Å². The lowest BCUT2D eigenvalue weighted by Crippen LogP contribution is -2.27. The van der Waals surface area contributed by atoms with Crippen molar-refractivity contribution in [1.82, 2.24) is 40.6 Å². The summed E-state index contributed by atoms with van der Waals surface area (Å²) in [6, 6.07) is 7.78. The maximum absolute atomic E-state index is 4.80. The van der Waals surface area contributed by atoms with E-state index in [0.29, 0.717) is 22.7 Å². The Morgan fingerprint density at radius 2 is 1.96 bits per heavy atom. The zero-order valence-corrected chi connectivity index (χ0v) is 14.6. The van der Waals surface area contributed by atoms with Crippen molar-refractivity contribution < 1.29 is 0 Å². The summed E-state index contributed by atoms with van der Waals surface area (Å²) < 4.78 is 0. The molecule has 0 aliphatic carbocycles. The molecule has 0 fully saturated rings. The predicted molar refractivity (Wildman–Crippen MR) is 97.3 cm³/mol. The number of aromatic amines is 1. The van der Waals surface area contributed by atoms with Crippen LogP contribution in [0.4, 0.5) is 5.82 Å². The molecule has 0 atom stereocenters. The fraction of sp³-hybridized carbons (Fsp3) is 0.235. The molecule has 0 saturated carbocycles. The Balaban J connectivity index is 1.93. The highest BCUT2D eigenvalue weighted by atomic mass is 15.5. The first-order chi connectivity index (χ1) is 12.6. The maximum Gasteiger partial charge on any atom is 0.223 e. The largest absolute Gasteiger partial charge is 0.355 e. The number of hydrogen-bond donors (Lipinski definition) is 1. The Hall–Kier alpha value is -3.49. The van der Waals surface area contributed by atoms with E-state index < -0.39 is 0 Å². The molecule has 9 nitrogen and oxygen atoms in total. The minimum Gasteiger partial charge on any atom is -0.355 e. The third kappa shape index (κ3) is 2.83. The van der Waals surface area contributed by atoms with Gasteiger partial charge in [-0.15, -0.1) is 10.2 Å². The number of H-pyrrole nitrogens is 1. The first-order valence-electron chi connectivity index (χ1n) is 8.19. The van der Waals surface area contributed by atoms with Crippen molar-refractivity contribution in [2.75, 3.05) is 11.9 Å². The predicted octanol–water partition coefficient (Wildman–Crippen LogP) is 2.11. The molecule has 0 radical (unpaired) electrons. The highest BCUT2D eigenvalue weighted by Gasteiger charge is 2.18. The number of fused-ring (bicyclic) bond motifs is 1. The van der Waals surface area contributed by atoms with Crippen LogP contribution >= 0.6 is 0 Å². The van der Waals surface area contributed by atoms with Crippen molar-refractivity contribution in [2.45, 2.75) is 19.9 Å². The van der Waals surface area contributed by atoms with Crippen LogP contribution in [0.2, 0.25) is 0 Å². The zero-order chi connectivity index (χ0) is 18.1. The van der Waals surface area contributed by atoms with Gasteiger partial charge >= 0.3 is 0 Å². The van der Waals surface area contributed by atoms with Gasteiger partial charge in [0.1, 0.15) is 16.9 Å². The van der Waals surface area contributed by atoms with Gasteiger partial charge < -0.3 is 4.90 Å². The Bertz CT molecular complexity index is 1030. The van der Waals surface area contributed by atoms with Crippen LogP contribution < -0.4 is 4.90 Å². The van der Waals surface area contributed by atoms with Crippen LogP contribution in [0.15, 0.2) is 36.7 Å². The molecule has 26 heavy (non-hydrogen) atoms. The van der Waals surface area contributed by atoms with Gasteiger partial charge in [0.2, 0.25) is 5.82 Å². The third-order valence-corrected chi connectivity index (χ3v) is 4.13. The smallest absolute Gasteiger partial charge is 0.223 e. The van der Waals surface area contributed by atoms with Crippen LogP contribution in [0.1, 0.15) is 13.8 Å². The van der Waals surface area contributed by atoms with Crippen molar-refractivity contribution in [1.29, 1.82) is 0 Å². The summed E-state index contributed by atoms with van der Waals surface area (Å²) in [5.74, 6) is 1.17. The lowest BCUT2D eigenvalue weighted by molar-refractivity contribution is 0.743. The average molecular weight is 347 g/mol. The molecule has 0 aromatic carbocycles. The molecule has 9 heteroatoms. The van der Waals surface area contributed by atoms with Crippen LogP contribution in [0.25, 0.3) is 33.9 Å². The molecule has 0 bridgehead atoms. The van der Waals surface area contributed by atoms with Crippen LogP contribution in [0.5, 0.6) is 0 Å². The minimum absolute atomic E-state index is 0.248. The number of nitrogens with zero attached hydrogens (tertiary/aromatic N) is 8. The van der Waals surface area contributed by atoms with E-state index in [9.17, 15) is 0 Å². The normalized spacial score (nSPS) is 11.2. The van der Waals surface area contributed by atoms with E-state index >= 15 is 0 Å². The van der Waals surface area contributed by atoms with Crippen molar-refractivity contribution in [3.63, 3.8) is 0 Å². The van der Waals surface area contributed by atoms with E-state index in [1.165, 1.54) is 0 Å². The summed E-state index contributed by atoms with van der Waals surface area (Å²) in [5, 5.41) is 13.9. The monoisotopic (exact) mass is 347 g/mol. The van der Waals surface area contributed by atoms with E-state index in [1.807, 2.05) is 25.2 Å². The SMILES string of the molecule is CC(C)N(C)c1nc2nc(-c3nn[nH]n3)ccc2nc1-c1cccnc1. The molecule has 130 valence electrons. The minimum atomic E-state index is 0.248. The number of rotatable bonds is 4. The zero-order valence-electron chi connectivity index (χ0n) is 14.6. The van der Waals surface area contributed by atoms with Crippen molar-refractivity contribution in [2.24, 2.45) is 0 Å². The molecule has 0 spiro atoms. The summed E-state index contributed by atoms with van der Waals surface area (Å²) >= 11 is 0. The van der Waals surface area contributed by atoms with Crippen LogP contribution in [0, 0.1) is 0 Å². The second-order valence-electron chi connectivity index (χ2n) is 6.12. The molecule has 0 amide bonds. The molecular formula is C17H17N9. The van der Waals surface area contributed by atoms with Gasteiger partial charge in [-0.1, -0.05) is 0 Å². The number of nitrogens with one attached hydrogen (secondary N) is 1. The van der Waals surface area contributed by atoms with E-state index in [0.717, 1.165) is 17.1 Å². The number of pyridine rings is 2. The summed E-state index contributed by atoms with van der Waals surface area (Å²) in [6.07, 6.45) is 3.52. The highest BCUT2D eigenvalue weighted by molar-refractivity contribution is 5.82. The Morgan fingerprint density at radius 3 is 2.65 bits per heavy atom. The number of anilines is 1. The van der Waals surface area contributed by atoms with Gasteiger partial charge in [0.05, 0.1) is 0 Å². The van der Waals surface area contributed by atoms with Gasteiger partial charge in [0, 0.05) is 31.0 Å². The van der Waals surface area contributed by atoms with Crippen LogP contribution in [0.3, 0.4) is 0 Å². The van der Waals surface area contributed by atoms with Crippen molar-refractivity contribution >= 4 is 17.0 Å². The molecule has 0 saturated heterocycles. The second-order valence-corrected chi connectivity index (χ2v) is 6.12. The molecule has 4 aromatic heterocycles. The quantitative estimate of drug-likeness (QED) is 0.598. The molecule has 0 aliphatic rings. The van der Waals surface area contributed by atoms with Crippen molar-refractivity contribution in [3.8, 4) is 22.8 Å². The van der Waals surface area contributed by atoms with Gasteiger partial charge in [0.15, 0.2) is 11.5 Å². The molecule has 0 unspecified atom stereocenters. The number of aromatic nitrogens is 8. The molecule has 0 aliphatic heterocycles. The van der Waals surface area contributed by atoms with E-state index in [2.05, 4.69) is 49.3 Å². The lowest BCUT2D eigenvalue weighted by Gasteiger charge is -2.24. The summed E-state index contributed by atoms with van der Waals surface area (Å²) in [6.45, 7) is 4.20. The van der Waals surface area contributed by atoms with Crippen LogP contribution in [-0.4, -0.2) is 53.6 Å². The third-order valence-electron chi connectivity index (χ3n) is 4.13. The molecular weight excluding hydrogens is 330 g/mol. The standard InChI is InChI=1S/C17H17N9/c1-10(2)26(3)17-14(11-5-4-8-18-9-11)19-12-6-7-13(20-15(12)21-17)16-22-24-25-23-16/h4-10H,1-3H3,(H,22,23,24,25). The maximum atomic E-state index is 4.80. The van der Waals surface area contributed by atoms with E-state index in [1.54, 1.807) is 18.5 Å². The van der Waals surface area contributed by atoms with Gasteiger partial charge in [-0.3, -0.25) is 4.98 Å². The van der Waals surface area contributed by atoms with E-state index in [4.69, 9.17) is 9.97 Å². The average Bonchev–Trinajstić information content (AvgIpc) is 3.21. The molecule has 4 rings (SSSR count). The summed E-state index contributed by atoms with van der Waals surface area (Å²) in [5.41, 5.74) is 3.50. The van der Waals surface area contributed by atoms with Gasteiger partial charge in [-0.05, 0) is 43.3 Å². The van der Waals surface area contributed by atoms with Gasteiger partial charge in [-0.25, -0.2) is 15.0 Å². The fourth-order valence-electron chi connectivity index (χ4n) is 2.52. The Labute approximate surface area is 149 Å². The number of hydrogen-bond acceptors (Lipinski definition) is 8. The van der Waals surface area contributed by atoms with Crippen LogP contribution in [-0.2, 0) is 0 Å². The second kappa shape index (κ2) is 6.43. The highest BCUT2D eigenvalue weighted by Crippen LogP contribution is 2.29. The molecule has 4 aromatic rings. The Morgan fingerprint density at radius 1 is 1.08 bits per heavy atom. The first-order valence-corrected chi connectivity index (χ1v) is 8.19. The summed E-state index contributed by atoms with van der Waals surface area (Å²) in [7, 11) is 1.99. The molecule has 4 heterocycles. The molecule has 1 N–H and O–H groups in total. The Kier molecular flexibility index (Phi) is 3.96. The lowest BCUT2D eigenvalue weighted by atomic mass is 10.1. The van der Waals surface area contributed by atoms with Crippen molar-refractivity contribution in [3.05, 3.63) is 36.7 Å². The van der Waals surface area contributed by atoms with Gasteiger partial charge in [-0.2, -0.15) is 5.21 Å². The fourth-order valence-corrected chi connectivity index (χ4v) is 2.52. The topological polar surface area (TPSA) is 109 Å².